The van der Waals surface area contributed by atoms with Crippen LogP contribution in [0.15, 0.2) is 21.7 Å². The number of furan rings is 1. The van der Waals surface area contributed by atoms with Crippen LogP contribution in [0.25, 0.3) is 0 Å². The summed E-state index contributed by atoms with van der Waals surface area (Å²) in [6.45, 7) is 0.546. The van der Waals surface area contributed by atoms with E-state index >= 15 is 0 Å². The highest BCUT2D eigenvalue weighted by Crippen LogP contribution is 2.22. The van der Waals surface area contributed by atoms with Crippen LogP contribution >= 0.6 is 24.2 Å². The van der Waals surface area contributed by atoms with Gasteiger partial charge in [0.1, 0.15) is 11.6 Å². The molecule has 0 aromatic carbocycles. The second-order valence-electron chi connectivity index (χ2n) is 4.13. The normalized spacial score (nSPS) is 10.2. The summed E-state index contributed by atoms with van der Waals surface area (Å²) >= 11 is 1.50. The third-order valence-electron chi connectivity index (χ3n) is 2.75. The average molecular weight is 332 g/mol. The third kappa shape index (κ3) is 4.23. The molecule has 0 aliphatic heterocycles. The Morgan fingerprint density at radius 2 is 2.24 bits per heavy atom. The highest BCUT2D eigenvalue weighted by Gasteiger charge is 2.12. The zero-order valence-electron chi connectivity index (χ0n) is 11.8. The molecular weight excluding hydrogens is 314 g/mol. The van der Waals surface area contributed by atoms with E-state index in [4.69, 9.17) is 10.2 Å². The molecule has 7 nitrogen and oxygen atoms in total. The van der Waals surface area contributed by atoms with Gasteiger partial charge in [-0.2, -0.15) is 0 Å². The van der Waals surface area contributed by atoms with Crippen LogP contribution in [0.4, 0.5) is 0 Å². The summed E-state index contributed by atoms with van der Waals surface area (Å²) in [6.07, 6.45) is 0.700. The van der Waals surface area contributed by atoms with Gasteiger partial charge in [-0.05, 0) is 18.7 Å². The predicted octanol–water partition coefficient (Wildman–Crippen LogP) is 0.983. The van der Waals surface area contributed by atoms with Gasteiger partial charge < -0.3 is 20.0 Å². The zero-order valence-corrected chi connectivity index (χ0v) is 13.5. The van der Waals surface area contributed by atoms with Crippen LogP contribution in [-0.4, -0.2) is 34.3 Å². The van der Waals surface area contributed by atoms with Gasteiger partial charge in [-0.1, -0.05) is 11.8 Å². The van der Waals surface area contributed by atoms with Crippen molar-refractivity contribution in [3.63, 3.8) is 0 Å². The SMILES string of the molecule is CNC(=O)c1ccc(CSc2nnc(CCN)n2C)o1.Cl. The highest BCUT2D eigenvalue weighted by molar-refractivity contribution is 7.98. The third-order valence-corrected chi connectivity index (χ3v) is 3.79. The van der Waals surface area contributed by atoms with Gasteiger partial charge in [-0.3, -0.25) is 4.79 Å². The number of thioether (sulfide) groups is 1. The van der Waals surface area contributed by atoms with E-state index in [1.54, 1.807) is 19.2 Å². The largest absolute Gasteiger partial charge is 0.455 e. The molecule has 1 amide bonds. The van der Waals surface area contributed by atoms with Gasteiger partial charge in [0.2, 0.25) is 0 Å². The van der Waals surface area contributed by atoms with Crippen molar-refractivity contribution in [3.8, 4) is 0 Å². The molecule has 2 rings (SSSR count). The summed E-state index contributed by atoms with van der Waals surface area (Å²) < 4.78 is 7.36. The first-order valence-electron chi connectivity index (χ1n) is 6.17. The Labute approximate surface area is 133 Å². The van der Waals surface area contributed by atoms with Gasteiger partial charge in [0.15, 0.2) is 10.9 Å². The fourth-order valence-corrected chi connectivity index (χ4v) is 2.48. The van der Waals surface area contributed by atoms with E-state index in [1.807, 2.05) is 11.6 Å². The van der Waals surface area contributed by atoms with Crippen molar-refractivity contribution in [2.24, 2.45) is 12.8 Å². The van der Waals surface area contributed by atoms with Crippen molar-refractivity contribution in [3.05, 3.63) is 29.5 Å². The van der Waals surface area contributed by atoms with Crippen molar-refractivity contribution in [2.45, 2.75) is 17.3 Å². The quantitative estimate of drug-likeness (QED) is 0.766. The molecule has 0 atom stereocenters. The Balaban J connectivity index is 0.00000220. The number of halogens is 1. The number of hydrogen-bond acceptors (Lipinski definition) is 6. The first-order valence-corrected chi connectivity index (χ1v) is 7.16. The molecule has 0 spiro atoms. The standard InChI is InChI=1S/C12H17N5O2S.ClH/c1-14-11(18)9-4-3-8(19-9)7-20-12-16-15-10(5-6-13)17(12)2;/h3-4H,5-7,13H2,1-2H3,(H,14,18);1H. The van der Waals surface area contributed by atoms with Crippen molar-refractivity contribution in [1.82, 2.24) is 20.1 Å². The number of carbonyl (C=O) groups is 1. The van der Waals surface area contributed by atoms with Gasteiger partial charge in [0, 0.05) is 20.5 Å². The fourth-order valence-electron chi connectivity index (χ4n) is 1.65. The summed E-state index contributed by atoms with van der Waals surface area (Å²) in [6, 6.07) is 3.44. The summed E-state index contributed by atoms with van der Waals surface area (Å²) in [7, 11) is 3.48. The summed E-state index contributed by atoms with van der Waals surface area (Å²) in [5.74, 6) is 2.25. The number of hydrogen-bond donors (Lipinski definition) is 2. The molecule has 9 heteroatoms. The molecule has 0 saturated heterocycles. The van der Waals surface area contributed by atoms with E-state index in [-0.39, 0.29) is 18.3 Å². The van der Waals surface area contributed by atoms with E-state index in [1.165, 1.54) is 11.8 Å². The molecule has 0 aliphatic rings. The van der Waals surface area contributed by atoms with Gasteiger partial charge in [0.05, 0.1) is 5.75 Å². The van der Waals surface area contributed by atoms with Crippen molar-refractivity contribution in [1.29, 1.82) is 0 Å². The number of carbonyl (C=O) groups excluding carboxylic acids is 1. The van der Waals surface area contributed by atoms with Crippen LogP contribution in [-0.2, 0) is 19.2 Å². The molecule has 3 N–H and O–H groups in total. The number of aromatic nitrogens is 3. The molecule has 2 aromatic heterocycles. The molecule has 0 saturated carbocycles. The topological polar surface area (TPSA) is 99.0 Å². The van der Waals surface area contributed by atoms with Gasteiger partial charge in [-0.15, -0.1) is 22.6 Å². The molecule has 0 bridgehead atoms. The van der Waals surface area contributed by atoms with Gasteiger partial charge in [0.25, 0.3) is 5.91 Å². The molecule has 2 aromatic rings. The number of rotatable bonds is 6. The lowest BCUT2D eigenvalue weighted by molar-refractivity contribution is 0.0934. The van der Waals surface area contributed by atoms with E-state index in [0.717, 1.165) is 16.7 Å². The van der Waals surface area contributed by atoms with E-state index in [9.17, 15) is 4.79 Å². The Bertz CT molecular complexity index is 598. The van der Waals surface area contributed by atoms with Crippen LogP contribution in [0.2, 0.25) is 0 Å². The fraction of sp³-hybridized carbons (Fsp3) is 0.417. The monoisotopic (exact) mass is 331 g/mol. The maximum Gasteiger partial charge on any atom is 0.286 e. The van der Waals surface area contributed by atoms with Gasteiger partial charge in [-0.25, -0.2) is 0 Å². The minimum Gasteiger partial charge on any atom is -0.455 e. The maximum atomic E-state index is 11.4. The zero-order chi connectivity index (χ0) is 14.5. The Kier molecular flexibility index (Phi) is 6.73. The molecule has 21 heavy (non-hydrogen) atoms. The molecule has 2 heterocycles. The minimum atomic E-state index is -0.231. The molecule has 0 radical (unpaired) electrons. The number of amides is 1. The smallest absolute Gasteiger partial charge is 0.286 e. The van der Waals surface area contributed by atoms with Crippen LogP contribution in [0.1, 0.15) is 22.1 Å². The van der Waals surface area contributed by atoms with Crippen molar-refractivity contribution >= 4 is 30.1 Å². The van der Waals surface area contributed by atoms with Gasteiger partial charge >= 0.3 is 0 Å². The lowest BCUT2D eigenvalue weighted by atomic mass is 10.4. The van der Waals surface area contributed by atoms with Crippen LogP contribution < -0.4 is 11.1 Å². The first-order chi connectivity index (χ1) is 9.65. The molecule has 0 unspecified atom stereocenters. The maximum absolute atomic E-state index is 11.4. The number of nitrogens with one attached hydrogen (secondary N) is 1. The number of nitrogens with zero attached hydrogens (tertiary/aromatic N) is 3. The van der Waals surface area contributed by atoms with Crippen LogP contribution in [0.5, 0.6) is 0 Å². The van der Waals surface area contributed by atoms with Crippen molar-refractivity contribution < 1.29 is 9.21 Å². The highest BCUT2D eigenvalue weighted by atomic mass is 35.5. The Hall–Kier alpha value is -1.51. The van der Waals surface area contributed by atoms with E-state index in [2.05, 4.69) is 15.5 Å². The van der Waals surface area contributed by atoms with E-state index < -0.39 is 0 Å². The first kappa shape index (κ1) is 17.5. The number of nitrogens with two attached hydrogens (primary N) is 1. The van der Waals surface area contributed by atoms with Crippen LogP contribution in [0, 0.1) is 0 Å². The Morgan fingerprint density at radius 3 is 2.90 bits per heavy atom. The average Bonchev–Trinajstić information content (AvgIpc) is 3.05. The van der Waals surface area contributed by atoms with Crippen LogP contribution in [0.3, 0.4) is 0 Å². The molecule has 0 aliphatic carbocycles. The Morgan fingerprint density at radius 1 is 1.48 bits per heavy atom. The minimum absolute atomic E-state index is 0. The lowest BCUT2D eigenvalue weighted by Gasteiger charge is -2.01. The lowest BCUT2D eigenvalue weighted by Crippen LogP contribution is -2.16. The second-order valence-corrected chi connectivity index (χ2v) is 5.07. The van der Waals surface area contributed by atoms with Crippen molar-refractivity contribution in [2.75, 3.05) is 13.6 Å². The summed E-state index contributed by atoms with van der Waals surface area (Å²) in [4.78, 5) is 11.4. The predicted molar refractivity (Wildman–Crippen MR) is 82.7 cm³/mol. The molecular formula is C12H18ClN5O2S. The second kappa shape index (κ2) is 8.06. The summed E-state index contributed by atoms with van der Waals surface area (Å²) in [5, 5.41) is 11.5. The van der Waals surface area contributed by atoms with E-state index in [0.29, 0.717) is 24.5 Å². The molecule has 0 fully saturated rings. The molecule has 116 valence electrons. The summed E-state index contributed by atoms with van der Waals surface area (Å²) in [5.41, 5.74) is 5.51.